The highest BCUT2D eigenvalue weighted by atomic mass is 32.3. The summed E-state index contributed by atoms with van der Waals surface area (Å²) in [7, 11) is -9.73. The Morgan fingerprint density at radius 2 is 1.39 bits per heavy atom. The van der Waals surface area contributed by atoms with E-state index in [0.29, 0.717) is 0 Å². The van der Waals surface area contributed by atoms with Crippen LogP contribution in [-0.2, 0) is 32.8 Å². The van der Waals surface area contributed by atoms with Crippen LogP contribution < -0.4 is 0 Å². The van der Waals surface area contributed by atoms with E-state index in [1.807, 2.05) is 0 Å². The van der Waals surface area contributed by atoms with Crippen LogP contribution in [0.2, 0.25) is 19.6 Å². The molecule has 0 spiro atoms. The van der Waals surface area contributed by atoms with E-state index in [9.17, 15) is 16.8 Å². The maximum absolute atomic E-state index is 11.3. The van der Waals surface area contributed by atoms with Gasteiger partial charge in [-0.15, -0.1) is 0 Å². The Kier molecular flexibility index (Phi) is 6.67. The highest BCUT2D eigenvalue weighted by Gasteiger charge is 2.24. The molecule has 0 aliphatic carbocycles. The molecule has 0 aromatic heterocycles. The Bertz CT molecular complexity index is 472. The van der Waals surface area contributed by atoms with E-state index in [0.717, 1.165) is 6.26 Å². The van der Waals surface area contributed by atoms with Gasteiger partial charge in [-0.2, -0.15) is 16.8 Å². The van der Waals surface area contributed by atoms with Crippen molar-refractivity contribution < 1.29 is 29.1 Å². The van der Waals surface area contributed by atoms with Crippen LogP contribution in [-0.4, -0.2) is 44.6 Å². The standard InChI is InChI=1S/C8H18O7S2Si/c1-16(9,10)13-7-5-6-8-14-17(11,12)15-18(2,3)4/h5-6H,7-8H2,1-4H3/b6-5+. The van der Waals surface area contributed by atoms with Gasteiger partial charge in [0.15, 0.2) is 0 Å². The second-order valence-electron chi connectivity index (χ2n) is 4.35. The molecule has 0 unspecified atom stereocenters. The third-order valence-corrected chi connectivity index (χ3v) is 5.01. The molecule has 18 heavy (non-hydrogen) atoms. The minimum absolute atomic E-state index is 0.170. The first-order chi connectivity index (χ1) is 7.91. The average molecular weight is 318 g/mol. The molecule has 0 rings (SSSR count). The second kappa shape index (κ2) is 6.77. The van der Waals surface area contributed by atoms with Gasteiger partial charge in [-0.1, -0.05) is 12.2 Å². The molecule has 0 aliphatic heterocycles. The molecule has 0 N–H and O–H groups in total. The molecule has 0 saturated heterocycles. The second-order valence-corrected chi connectivity index (χ2v) is 11.9. The summed E-state index contributed by atoms with van der Waals surface area (Å²) in [5, 5.41) is 0. The molecule has 0 amide bonds. The van der Waals surface area contributed by atoms with Gasteiger partial charge in [0.25, 0.3) is 10.1 Å². The summed E-state index contributed by atoms with van der Waals surface area (Å²) in [5.74, 6) is 0. The van der Waals surface area contributed by atoms with Crippen LogP contribution in [0.3, 0.4) is 0 Å². The van der Waals surface area contributed by atoms with Crippen LogP contribution in [0, 0.1) is 0 Å². The van der Waals surface area contributed by atoms with Gasteiger partial charge in [-0.3, -0.25) is 8.06 Å². The topological polar surface area (TPSA) is 96.0 Å². The summed E-state index contributed by atoms with van der Waals surface area (Å²) in [6.45, 7) is 4.73. The molecule has 0 aromatic rings. The van der Waals surface area contributed by atoms with Crippen LogP contribution >= 0.6 is 0 Å². The van der Waals surface area contributed by atoms with E-state index in [4.69, 9.17) is 3.87 Å². The predicted molar refractivity (Wildman–Crippen MR) is 69.2 cm³/mol. The van der Waals surface area contributed by atoms with Gasteiger partial charge in [-0.05, 0) is 19.6 Å². The monoisotopic (exact) mass is 318 g/mol. The summed E-state index contributed by atoms with van der Waals surface area (Å²) < 4.78 is 57.4. The molecule has 0 radical (unpaired) electrons. The first-order valence-electron chi connectivity index (χ1n) is 5.01. The Balaban J connectivity index is 4.01. The highest BCUT2D eigenvalue weighted by molar-refractivity contribution is 7.86. The lowest BCUT2D eigenvalue weighted by Gasteiger charge is -2.15. The molecule has 0 heterocycles. The van der Waals surface area contributed by atoms with Crippen molar-refractivity contribution in [1.29, 1.82) is 0 Å². The van der Waals surface area contributed by atoms with Gasteiger partial charge in [-0.25, -0.2) is 4.18 Å². The number of rotatable bonds is 8. The van der Waals surface area contributed by atoms with Gasteiger partial charge in [0.05, 0.1) is 19.5 Å². The molecule has 7 nitrogen and oxygen atoms in total. The van der Waals surface area contributed by atoms with Crippen LogP contribution in [0.4, 0.5) is 0 Å². The lowest BCUT2D eigenvalue weighted by molar-refractivity contribution is 0.299. The first-order valence-corrected chi connectivity index (χ1v) is 11.6. The Morgan fingerprint density at radius 1 is 0.944 bits per heavy atom. The normalized spacial score (nSPS) is 14.2. The molecule has 0 aromatic carbocycles. The Hall–Kier alpha value is -0.263. The zero-order valence-corrected chi connectivity index (χ0v) is 13.4. The van der Waals surface area contributed by atoms with Crippen molar-refractivity contribution >= 4 is 28.8 Å². The van der Waals surface area contributed by atoms with Gasteiger partial charge in [0.1, 0.15) is 0 Å². The van der Waals surface area contributed by atoms with Crippen molar-refractivity contribution in [2.75, 3.05) is 19.5 Å². The largest absolute Gasteiger partial charge is 0.390 e. The van der Waals surface area contributed by atoms with E-state index in [-0.39, 0.29) is 13.2 Å². The van der Waals surface area contributed by atoms with Crippen molar-refractivity contribution in [3.05, 3.63) is 12.2 Å². The van der Waals surface area contributed by atoms with Gasteiger partial charge >= 0.3 is 10.4 Å². The predicted octanol–water partition coefficient (Wildman–Crippen LogP) is 0.632. The van der Waals surface area contributed by atoms with E-state index < -0.39 is 28.8 Å². The van der Waals surface area contributed by atoms with E-state index in [2.05, 4.69) is 8.37 Å². The fourth-order valence-electron chi connectivity index (χ4n) is 0.752. The smallest absolute Gasteiger partial charge is 0.294 e. The molecule has 10 heteroatoms. The molecule has 0 aliphatic rings. The van der Waals surface area contributed by atoms with Gasteiger partial charge < -0.3 is 0 Å². The third-order valence-electron chi connectivity index (χ3n) is 1.21. The van der Waals surface area contributed by atoms with Crippen molar-refractivity contribution in [2.45, 2.75) is 19.6 Å². The van der Waals surface area contributed by atoms with Crippen LogP contribution in [0.15, 0.2) is 12.2 Å². The fraction of sp³-hybridized carbons (Fsp3) is 0.750. The Morgan fingerprint density at radius 3 is 1.78 bits per heavy atom. The molecular formula is C8H18O7S2Si. The zero-order chi connectivity index (χ0) is 14.4. The average Bonchev–Trinajstić information content (AvgIpc) is 2.04. The Labute approximate surface area is 109 Å². The molecule has 108 valence electrons. The summed E-state index contributed by atoms with van der Waals surface area (Å²) >= 11 is 0. The van der Waals surface area contributed by atoms with Crippen LogP contribution in [0.5, 0.6) is 0 Å². The quantitative estimate of drug-likeness (QED) is 0.368. The van der Waals surface area contributed by atoms with Crippen LogP contribution in [0.25, 0.3) is 0 Å². The highest BCUT2D eigenvalue weighted by Crippen LogP contribution is 2.09. The van der Waals surface area contributed by atoms with Gasteiger partial charge in [0, 0.05) is 0 Å². The lowest BCUT2D eigenvalue weighted by atomic mass is 10.5. The molecular weight excluding hydrogens is 300 g/mol. The minimum Gasteiger partial charge on any atom is -0.294 e. The first kappa shape index (κ1) is 17.7. The maximum Gasteiger partial charge on any atom is 0.390 e. The van der Waals surface area contributed by atoms with E-state index >= 15 is 0 Å². The van der Waals surface area contributed by atoms with Crippen LogP contribution in [0.1, 0.15) is 0 Å². The molecule has 0 bridgehead atoms. The van der Waals surface area contributed by atoms with E-state index in [1.165, 1.54) is 12.2 Å². The lowest BCUT2D eigenvalue weighted by Crippen LogP contribution is -2.30. The van der Waals surface area contributed by atoms with Crippen molar-refractivity contribution in [3.63, 3.8) is 0 Å². The van der Waals surface area contributed by atoms with Crippen molar-refractivity contribution in [3.8, 4) is 0 Å². The SMILES string of the molecule is C[Si](C)(C)OS(=O)(=O)OC/C=C/COS(C)(=O)=O. The van der Waals surface area contributed by atoms with Crippen molar-refractivity contribution in [1.82, 2.24) is 0 Å². The summed E-state index contributed by atoms with van der Waals surface area (Å²) in [4.78, 5) is 0. The zero-order valence-electron chi connectivity index (χ0n) is 10.7. The molecule has 0 atom stereocenters. The third kappa shape index (κ3) is 12.2. The number of hydrogen-bond donors (Lipinski definition) is 0. The van der Waals surface area contributed by atoms with Crippen molar-refractivity contribution in [2.24, 2.45) is 0 Å². The molecule has 0 saturated carbocycles. The minimum atomic E-state index is -4.00. The number of hydrogen-bond acceptors (Lipinski definition) is 7. The molecule has 0 fully saturated rings. The van der Waals surface area contributed by atoms with Gasteiger partial charge in [0.2, 0.25) is 8.32 Å². The van der Waals surface area contributed by atoms with E-state index in [1.54, 1.807) is 19.6 Å². The summed E-state index contributed by atoms with van der Waals surface area (Å²) in [6.07, 6.45) is 3.59. The summed E-state index contributed by atoms with van der Waals surface area (Å²) in [6, 6.07) is 0. The fourth-order valence-corrected chi connectivity index (χ4v) is 3.96. The maximum atomic E-state index is 11.3. The summed E-state index contributed by atoms with van der Waals surface area (Å²) in [5.41, 5.74) is 0.